The molecule has 0 atom stereocenters. The van der Waals surface area contributed by atoms with Gasteiger partial charge < -0.3 is 5.32 Å². The van der Waals surface area contributed by atoms with Crippen LogP contribution < -0.4 is 5.32 Å². The Labute approximate surface area is 120 Å². The van der Waals surface area contributed by atoms with Crippen molar-refractivity contribution in [3.8, 4) is 6.07 Å². The van der Waals surface area contributed by atoms with E-state index in [1.54, 1.807) is 12.1 Å². The molecular weight excluding hydrogens is 286 g/mol. The number of piperidine rings is 1. The van der Waals surface area contributed by atoms with Gasteiger partial charge in [-0.1, -0.05) is 6.07 Å². The molecule has 0 amide bonds. The van der Waals surface area contributed by atoms with Gasteiger partial charge in [-0.3, -0.25) is 4.90 Å². The quantitative estimate of drug-likeness (QED) is 0.872. The molecule has 21 heavy (non-hydrogen) atoms. The van der Waals surface area contributed by atoms with Crippen molar-refractivity contribution in [1.82, 2.24) is 4.90 Å². The van der Waals surface area contributed by atoms with E-state index in [0.717, 1.165) is 0 Å². The number of rotatable bonds is 3. The molecule has 0 unspecified atom stereocenters. The van der Waals surface area contributed by atoms with Crippen LogP contribution in [0.4, 0.5) is 23.2 Å². The summed E-state index contributed by atoms with van der Waals surface area (Å²) in [6.07, 6.45) is -3.13. The van der Waals surface area contributed by atoms with E-state index in [4.69, 9.17) is 5.26 Å². The van der Waals surface area contributed by atoms with Crippen LogP contribution in [0.2, 0.25) is 0 Å². The molecule has 0 aliphatic carbocycles. The van der Waals surface area contributed by atoms with Crippen molar-refractivity contribution in [3.63, 3.8) is 0 Å². The molecule has 0 radical (unpaired) electrons. The van der Waals surface area contributed by atoms with Crippen LogP contribution in [0.15, 0.2) is 18.2 Å². The summed E-state index contributed by atoms with van der Waals surface area (Å²) < 4.78 is 50.3. The second-order valence-electron chi connectivity index (χ2n) is 5.08. The molecule has 1 heterocycles. The predicted octanol–water partition coefficient (Wildman–Crippen LogP) is 3.14. The zero-order chi connectivity index (χ0) is 15.5. The Bertz CT molecular complexity index is 528. The first kappa shape index (κ1) is 15.6. The highest BCUT2D eigenvalue weighted by molar-refractivity contribution is 5.58. The van der Waals surface area contributed by atoms with Crippen LogP contribution in [-0.2, 0) is 0 Å². The molecule has 1 aromatic rings. The van der Waals surface area contributed by atoms with E-state index >= 15 is 0 Å². The molecule has 0 spiro atoms. The van der Waals surface area contributed by atoms with Crippen molar-refractivity contribution in [1.29, 1.82) is 5.26 Å². The van der Waals surface area contributed by atoms with Gasteiger partial charge in [0.05, 0.1) is 12.2 Å². The van der Waals surface area contributed by atoms with Gasteiger partial charge in [0.2, 0.25) is 0 Å². The minimum atomic E-state index is -4.18. The fraction of sp³-hybridized carbons (Fsp3) is 0.500. The number of halogens is 4. The highest BCUT2D eigenvalue weighted by atomic mass is 19.4. The zero-order valence-corrected chi connectivity index (χ0v) is 11.3. The number of nitrogens with one attached hydrogen (secondary N) is 1. The van der Waals surface area contributed by atoms with E-state index < -0.39 is 18.5 Å². The zero-order valence-electron chi connectivity index (χ0n) is 11.3. The molecule has 0 bridgehead atoms. The van der Waals surface area contributed by atoms with Gasteiger partial charge in [0.25, 0.3) is 0 Å². The predicted molar refractivity (Wildman–Crippen MR) is 70.3 cm³/mol. The molecule has 1 N–H and O–H groups in total. The number of hydrogen-bond acceptors (Lipinski definition) is 3. The standard InChI is InChI=1S/C14H15F4N3/c15-12-2-1-3-13(11(12)8-19)20-10-4-6-21(7-5-10)9-14(16,17)18/h1-3,10,20H,4-7,9H2. The lowest BCUT2D eigenvalue weighted by atomic mass is 10.0. The lowest BCUT2D eigenvalue weighted by Crippen LogP contribution is -2.43. The Kier molecular flexibility index (Phi) is 4.68. The summed E-state index contributed by atoms with van der Waals surface area (Å²) in [5, 5.41) is 12.0. The van der Waals surface area contributed by atoms with Crippen molar-refractivity contribution in [2.45, 2.75) is 25.1 Å². The van der Waals surface area contributed by atoms with Crippen molar-refractivity contribution in [2.24, 2.45) is 0 Å². The molecule has 7 heteroatoms. The Balaban J connectivity index is 1.93. The molecule has 1 aliphatic rings. The lowest BCUT2D eigenvalue weighted by Gasteiger charge is -2.33. The maximum absolute atomic E-state index is 13.5. The fourth-order valence-electron chi connectivity index (χ4n) is 2.47. The van der Waals surface area contributed by atoms with Gasteiger partial charge in [0.1, 0.15) is 17.4 Å². The maximum atomic E-state index is 13.5. The van der Waals surface area contributed by atoms with Crippen LogP contribution in [0.25, 0.3) is 0 Å². The summed E-state index contributed by atoms with van der Waals surface area (Å²) in [7, 11) is 0. The molecule has 1 fully saturated rings. The minimum Gasteiger partial charge on any atom is -0.381 e. The molecular formula is C14H15F4N3. The van der Waals surface area contributed by atoms with Gasteiger partial charge in [-0.05, 0) is 25.0 Å². The average Bonchev–Trinajstić information content (AvgIpc) is 2.40. The van der Waals surface area contributed by atoms with Crippen molar-refractivity contribution in [3.05, 3.63) is 29.6 Å². The molecule has 114 valence electrons. The van der Waals surface area contributed by atoms with Crippen molar-refractivity contribution in [2.75, 3.05) is 25.0 Å². The highest BCUT2D eigenvalue weighted by Crippen LogP contribution is 2.24. The number of benzene rings is 1. The van der Waals surface area contributed by atoms with Crippen LogP contribution in [-0.4, -0.2) is 36.8 Å². The minimum absolute atomic E-state index is 0.0524. The first-order valence-electron chi connectivity index (χ1n) is 6.63. The number of nitrogens with zero attached hydrogens (tertiary/aromatic N) is 2. The Morgan fingerprint density at radius 3 is 2.52 bits per heavy atom. The summed E-state index contributed by atoms with van der Waals surface area (Å²) in [5.74, 6) is -0.600. The molecule has 1 aromatic carbocycles. The molecule has 1 aliphatic heterocycles. The fourth-order valence-corrected chi connectivity index (χ4v) is 2.47. The molecule has 2 rings (SSSR count). The van der Waals surface area contributed by atoms with Crippen LogP contribution in [0.5, 0.6) is 0 Å². The van der Waals surface area contributed by atoms with Gasteiger partial charge in [-0.15, -0.1) is 0 Å². The topological polar surface area (TPSA) is 39.1 Å². The first-order chi connectivity index (χ1) is 9.89. The van der Waals surface area contributed by atoms with E-state index in [-0.39, 0.29) is 11.6 Å². The van der Waals surface area contributed by atoms with Gasteiger partial charge >= 0.3 is 6.18 Å². The number of alkyl halides is 3. The Morgan fingerprint density at radius 1 is 1.29 bits per heavy atom. The number of nitriles is 1. The van der Waals surface area contributed by atoms with E-state index in [2.05, 4.69) is 5.32 Å². The third-order valence-electron chi connectivity index (χ3n) is 3.48. The van der Waals surface area contributed by atoms with E-state index in [1.165, 1.54) is 17.0 Å². The van der Waals surface area contributed by atoms with Gasteiger partial charge in [0, 0.05) is 19.1 Å². The van der Waals surface area contributed by atoms with Crippen LogP contribution in [0, 0.1) is 17.1 Å². The smallest absolute Gasteiger partial charge is 0.381 e. The Morgan fingerprint density at radius 2 is 1.95 bits per heavy atom. The largest absolute Gasteiger partial charge is 0.401 e. The second kappa shape index (κ2) is 6.31. The highest BCUT2D eigenvalue weighted by Gasteiger charge is 2.32. The first-order valence-corrected chi connectivity index (χ1v) is 6.63. The number of anilines is 1. The van der Waals surface area contributed by atoms with Crippen molar-refractivity contribution >= 4 is 5.69 Å². The van der Waals surface area contributed by atoms with Crippen molar-refractivity contribution < 1.29 is 17.6 Å². The van der Waals surface area contributed by atoms with E-state index in [0.29, 0.717) is 31.6 Å². The van der Waals surface area contributed by atoms with Crippen LogP contribution in [0.3, 0.4) is 0 Å². The Hall–Kier alpha value is -1.81. The number of likely N-dealkylation sites (tertiary alicyclic amines) is 1. The monoisotopic (exact) mass is 301 g/mol. The third-order valence-corrected chi connectivity index (χ3v) is 3.48. The average molecular weight is 301 g/mol. The molecule has 0 saturated carbocycles. The third kappa shape index (κ3) is 4.33. The molecule has 1 saturated heterocycles. The van der Waals surface area contributed by atoms with Crippen LogP contribution in [0.1, 0.15) is 18.4 Å². The SMILES string of the molecule is N#Cc1c(F)cccc1NC1CCN(CC(F)(F)F)CC1. The number of hydrogen-bond donors (Lipinski definition) is 1. The summed E-state index contributed by atoms with van der Waals surface area (Å²) in [6.45, 7) is -0.244. The van der Waals surface area contributed by atoms with E-state index in [9.17, 15) is 17.6 Å². The maximum Gasteiger partial charge on any atom is 0.401 e. The summed E-state index contributed by atoms with van der Waals surface area (Å²) >= 11 is 0. The summed E-state index contributed by atoms with van der Waals surface area (Å²) in [4.78, 5) is 1.36. The van der Waals surface area contributed by atoms with E-state index in [1.807, 2.05) is 0 Å². The summed E-state index contributed by atoms with van der Waals surface area (Å²) in [5.41, 5.74) is 0.335. The summed E-state index contributed by atoms with van der Waals surface area (Å²) in [6, 6.07) is 6.05. The lowest BCUT2D eigenvalue weighted by molar-refractivity contribution is -0.147. The van der Waals surface area contributed by atoms with Gasteiger partial charge in [0.15, 0.2) is 0 Å². The van der Waals surface area contributed by atoms with Crippen LogP contribution >= 0.6 is 0 Å². The van der Waals surface area contributed by atoms with Gasteiger partial charge in [-0.25, -0.2) is 4.39 Å². The molecule has 0 aromatic heterocycles. The molecule has 3 nitrogen and oxygen atoms in total. The van der Waals surface area contributed by atoms with Gasteiger partial charge in [-0.2, -0.15) is 18.4 Å². The normalized spacial score (nSPS) is 17.5. The second-order valence-corrected chi connectivity index (χ2v) is 5.08.